The summed E-state index contributed by atoms with van der Waals surface area (Å²) in [5, 5.41) is 0. The number of carbonyl (C=O) groups is 2. The van der Waals surface area contributed by atoms with Crippen molar-refractivity contribution in [3.8, 4) is 0 Å². The molecular weight excluding hydrogens is 220 g/mol. The van der Waals surface area contributed by atoms with Gasteiger partial charge in [0.2, 0.25) is 6.08 Å². The fraction of sp³-hybridized carbons (Fsp3) is 0.250. The monoisotopic (exact) mass is 232 g/mol. The molecule has 0 fully saturated rings. The zero-order valence-electron chi connectivity index (χ0n) is 9.58. The number of imide groups is 1. The Balaban J connectivity index is 3.05. The molecular formula is C12H12N2O3. The van der Waals surface area contributed by atoms with Crippen molar-refractivity contribution in [1.29, 1.82) is 0 Å². The zero-order chi connectivity index (χ0) is 12.8. The summed E-state index contributed by atoms with van der Waals surface area (Å²) in [4.78, 5) is 37.4. The van der Waals surface area contributed by atoms with Crippen LogP contribution in [0.15, 0.2) is 35.3 Å². The van der Waals surface area contributed by atoms with Crippen LogP contribution in [0.1, 0.15) is 24.2 Å². The molecule has 0 saturated carbocycles. The number of urea groups is 1. The molecule has 88 valence electrons. The van der Waals surface area contributed by atoms with E-state index in [0.29, 0.717) is 5.56 Å². The summed E-state index contributed by atoms with van der Waals surface area (Å²) in [7, 11) is 0. The molecule has 0 unspecified atom stereocenters. The third kappa shape index (κ3) is 3.09. The van der Waals surface area contributed by atoms with Gasteiger partial charge in [-0.1, -0.05) is 18.2 Å². The number of benzene rings is 1. The van der Waals surface area contributed by atoms with Gasteiger partial charge in [-0.3, -0.25) is 9.69 Å². The minimum atomic E-state index is -0.899. The van der Waals surface area contributed by atoms with E-state index in [2.05, 4.69) is 4.99 Å². The average Bonchev–Trinajstić information content (AvgIpc) is 2.30. The van der Waals surface area contributed by atoms with Gasteiger partial charge in [0.25, 0.3) is 5.91 Å². The lowest BCUT2D eigenvalue weighted by molar-refractivity contribution is 0.0772. The van der Waals surface area contributed by atoms with E-state index in [0.717, 1.165) is 11.0 Å². The van der Waals surface area contributed by atoms with Crippen LogP contribution in [0, 0.1) is 0 Å². The number of carbonyl (C=O) groups excluding carboxylic acids is 3. The van der Waals surface area contributed by atoms with Crippen molar-refractivity contribution in [2.24, 2.45) is 4.99 Å². The average molecular weight is 232 g/mol. The molecule has 0 heterocycles. The first-order chi connectivity index (χ1) is 8.07. The van der Waals surface area contributed by atoms with E-state index in [9.17, 15) is 14.4 Å². The molecule has 0 bridgehead atoms. The van der Waals surface area contributed by atoms with Crippen molar-refractivity contribution in [2.45, 2.75) is 19.9 Å². The first kappa shape index (κ1) is 12.8. The van der Waals surface area contributed by atoms with Gasteiger partial charge in [0.15, 0.2) is 0 Å². The fourth-order valence-corrected chi connectivity index (χ4v) is 1.35. The molecule has 0 N–H and O–H groups in total. The maximum Gasteiger partial charge on any atom is 0.361 e. The standard InChI is InChI=1S/C12H12N2O3/c1-9(2)14(12(17)13-8-15)11(16)10-6-4-3-5-7-10/h3-7,9H,1-2H3. The normalized spacial score (nSPS) is 9.59. The first-order valence-corrected chi connectivity index (χ1v) is 5.08. The van der Waals surface area contributed by atoms with Gasteiger partial charge < -0.3 is 0 Å². The quantitative estimate of drug-likeness (QED) is 0.578. The molecule has 0 aliphatic heterocycles. The summed E-state index contributed by atoms with van der Waals surface area (Å²) in [5.74, 6) is -0.482. The predicted molar refractivity (Wildman–Crippen MR) is 61.3 cm³/mol. The van der Waals surface area contributed by atoms with Crippen LogP contribution in [0.5, 0.6) is 0 Å². The Hall–Kier alpha value is -2.26. The molecule has 17 heavy (non-hydrogen) atoms. The van der Waals surface area contributed by atoms with Gasteiger partial charge in [0, 0.05) is 11.6 Å². The van der Waals surface area contributed by atoms with Crippen LogP contribution in [0.3, 0.4) is 0 Å². The lowest BCUT2D eigenvalue weighted by Gasteiger charge is -2.21. The number of aliphatic imine (C=N–C) groups is 1. The highest BCUT2D eigenvalue weighted by molar-refractivity contribution is 6.05. The number of amides is 3. The van der Waals surface area contributed by atoms with Crippen molar-refractivity contribution in [3.63, 3.8) is 0 Å². The molecule has 0 aliphatic carbocycles. The van der Waals surface area contributed by atoms with Crippen LogP contribution < -0.4 is 0 Å². The third-order valence-electron chi connectivity index (χ3n) is 2.10. The lowest BCUT2D eigenvalue weighted by Crippen LogP contribution is -2.40. The number of isocyanates is 1. The van der Waals surface area contributed by atoms with E-state index < -0.39 is 11.9 Å². The maximum atomic E-state index is 12.0. The molecule has 0 radical (unpaired) electrons. The van der Waals surface area contributed by atoms with Gasteiger partial charge in [0.1, 0.15) is 0 Å². The minimum Gasteiger partial charge on any atom is -0.269 e. The highest BCUT2D eigenvalue weighted by Gasteiger charge is 2.25. The fourth-order valence-electron chi connectivity index (χ4n) is 1.35. The first-order valence-electron chi connectivity index (χ1n) is 5.08. The van der Waals surface area contributed by atoms with Crippen molar-refractivity contribution >= 4 is 18.0 Å². The van der Waals surface area contributed by atoms with Gasteiger partial charge >= 0.3 is 6.03 Å². The summed E-state index contributed by atoms with van der Waals surface area (Å²) in [6, 6.07) is 7.06. The van der Waals surface area contributed by atoms with E-state index in [1.165, 1.54) is 0 Å². The van der Waals surface area contributed by atoms with Crippen LogP contribution in [0.2, 0.25) is 0 Å². The Morgan fingerprint density at radius 1 is 1.24 bits per heavy atom. The van der Waals surface area contributed by atoms with E-state index in [1.807, 2.05) is 0 Å². The summed E-state index contributed by atoms with van der Waals surface area (Å²) in [6.07, 6.45) is 1.14. The summed E-state index contributed by atoms with van der Waals surface area (Å²) in [5.41, 5.74) is 0.371. The largest absolute Gasteiger partial charge is 0.361 e. The van der Waals surface area contributed by atoms with Crippen LogP contribution in [0.4, 0.5) is 4.79 Å². The zero-order valence-corrected chi connectivity index (χ0v) is 9.58. The molecule has 3 amide bonds. The Morgan fingerprint density at radius 2 is 1.82 bits per heavy atom. The van der Waals surface area contributed by atoms with Gasteiger partial charge in [-0.05, 0) is 26.0 Å². The summed E-state index contributed by atoms with van der Waals surface area (Å²) in [6.45, 7) is 3.33. The number of nitrogens with zero attached hydrogens (tertiary/aromatic N) is 2. The molecule has 5 heteroatoms. The van der Waals surface area contributed by atoms with Crippen molar-refractivity contribution in [3.05, 3.63) is 35.9 Å². The van der Waals surface area contributed by atoms with Crippen molar-refractivity contribution < 1.29 is 14.4 Å². The summed E-state index contributed by atoms with van der Waals surface area (Å²) >= 11 is 0. The highest BCUT2D eigenvalue weighted by atomic mass is 16.2. The third-order valence-corrected chi connectivity index (χ3v) is 2.10. The Kier molecular flexibility index (Phi) is 4.31. The molecule has 1 rings (SSSR count). The molecule has 5 nitrogen and oxygen atoms in total. The Labute approximate surface area is 98.8 Å². The molecule has 1 aromatic rings. The number of rotatable bonds is 2. The second-order valence-corrected chi connectivity index (χ2v) is 3.62. The summed E-state index contributed by atoms with van der Waals surface area (Å²) < 4.78 is 0. The van der Waals surface area contributed by atoms with Crippen LogP contribution in [0.25, 0.3) is 0 Å². The maximum absolute atomic E-state index is 12.0. The van der Waals surface area contributed by atoms with E-state index in [1.54, 1.807) is 44.2 Å². The molecule has 0 spiro atoms. The molecule has 1 aromatic carbocycles. The van der Waals surface area contributed by atoms with E-state index in [4.69, 9.17) is 0 Å². The smallest absolute Gasteiger partial charge is 0.269 e. The lowest BCUT2D eigenvalue weighted by atomic mass is 10.2. The van der Waals surface area contributed by atoms with Gasteiger partial charge in [0.05, 0.1) is 0 Å². The minimum absolute atomic E-state index is 0.371. The highest BCUT2D eigenvalue weighted by Crippen LogP contribution is 2.09. The molecule has 0 aliphatic rings. The van der Waals surface area contributed by atoms with Gasteiger partial charge in [-0.15, -0.1) is 4.99 Å². The SMILES string of the molecule is CC(C)N(C(=O)N=C=O)C(=O)c1ccccc1. The topological polar surface area (TPSA) is 66.8 Å². The Bertz CT molecular complexity index is 462. The van der Waals surface area contributed by atoms with Crippen LogP contribution in [-0.2, 0) is 4.79 Å². The molecule has 0 aromatic heterocycles. The van der Waals surface area contributed by atoms with Crippen molar-refractivity contribution in [1.82, 2.24) is 4.90 Å². The second-order valence-electron chi connectivity index (χ2n) is 3.62. The second kappa shape index (κ2) is 5.72. The van der Waals surface area contributed by atoms with Gasteiger partial charge in [-0.2, -0.15) is 0 Å². The number of hydrogen-bond donors (Lipinski definition) is 0. The van der Waals surface area contributed by atoms with Gasteiger partial charge in [-0.25, -0.2) is 9.59 Å². The van der Waals surface area contributed by atoms with E-state index in [-0.39, 0.29) is 6.04 Å². The van der Waals surface area contributed by atoms with E-state index >= 15 is 0 Å². The van der Waals surface area contributed by atoms with Crippen LogP contribution in [-0.4, -0.2) is 29.0 Å². The molecule has 0 saturated heterocycles. The molecule has 0 atom stereocenters. The Morgan fingerprint density at radius 3 is 2.29 bits per heavy atom. The number of hydrogen-bond acceptors (Lipinski definition) is 3. The predicted octanol–water partition coefficient (Wildman–Crippen LogP) is 1.99. The van der Waals surface area contributed by atoms with Crippen LogP contribution >= 0.6 is 0 Å². The van der Waals surface area contributed by atoms with Crippen molar-refractivity contribution in [2.75, 3.05) is 0 Å².